The number of hydrogen-bond donors (Lipinski definition) is 1. The van der Waals surface area contributed by atoms with E-state index in [1.54, 1.807) is 7.11 Å². The molecule has 10 heavy (non-hydrogen) atoms. The summed E-state index contributed by atoms with van der Waals surface area (Å²) in [6, 6.07) is 0.0394. The first kappa shape index (κ1) is 7.12. The molecule has 1 fully saturated rings. The Labute approximate surface area is 60.1 Å². The van der Waals surface area contributed by atoms with Crippen LogP contribution in [0.3, 0.4) is 0 Å². The van der Waals surface area contributed by atoms with Gasteiger partial charge in [-0.1, -0.05) is 6.58 Å². The van der Waals surface area contributed by atoms with Crippen LogP contribution in [0.25, 0.3) is 0 Å². The largest absolute Gasteiger partial charge is 0.500 e. The summed E-state index contributed by atoms with van der Waals surface area (Å²) in [6.07, 6.45) is 1.40. The highest BCUT2D eigenvalue weighted by Crippen LogP contribution is 2.13. The van der Waals surface area contributed by atoms with Gasteiger partial charge in [-0.05, 0) is 6.42 Å². The second-order valence-corrected chi connectivity index (χ2v) is 2.33. The molecule has 1 aliphatic rings. The fourth-order valence-corrected chi connectivity index (χ4v) is 0.998. The molecule has 1 aliphatic heterocycles. The van der Waals surface area contributed by atoms with Crippen LogP contribution < -0.4 is 5.32 Å². The molecule has 0 bridgehead atoms. The van der Waals surface area contributed by atoms with Crippen LogP contribution in [-0.4, -0.2) is 19.1 Å². The number of carbonyl (C=O) groups is 1. The second kappa shape index (κ2) is 2.73. The van der Waals surface area contributed by atoms with Crippen molar-refractivity contribution < 1.29 is 9.53 Å². The van der Waals surface area contributed by atoms with Crippen molar-refractivity contribution in [1.82, 2.24) is 5.32 Å². The number of carbonyl (C=O) groups excluding carboxylic acids is 1. The molecule has 1 atom stereocenters. The van der Waals surface area contributed by atoms with Crippen LogP contribution in [0.2, 0.25) is 0 Å². The van der Waals surface area contributed by atoms with Gasteiger partial charge in [0.15, 0.2) is 0 Å². The van der Waals surface area contributed by atoms with Crippen molar-refractivity contribution in [2.45, 2.75) is 18.9 Å². The smallest absolute Gasteiger partial charge is 0.220 e. The first-order valence-electron chi connectivity index (χ1n) is 3.26. The highest BCUT2D eigenvalue weighted by atomic mass is 16.5. The van der Waals surface area contributed by atoms with Gasteiger partial charge in [0.25, 0.3) is 0 Å². The number of hydrogen-bond acceptors (Lipinski definition) is 2. The van der Waals surface area contributed by atoms with Crippen LogP contribution in [0.5, 0.6) is 0 Å². The summed E-state index contributed by atoms with van der Waals surface area (Å²) in [6.45, 7) is 3.65. The van der Waals surface area contributed by atoms with E-state index < -0.39 is 0 Å². The molecule has 0 aliphatic carbocycles. The monoisotopic (exact) mass is 141 g/mol. The van der Waals surface area contributed by atoms with E-state index in [9.17, 15) is 4.79 Å². The lowest BCUT2D eigenvalue weighted by Crippen LogP contribution is -2.27. The molecule has 1 saturated heterocycles. The summed E-state index contributed by atoms with van der Waals surface area (Å²) in [5, 5.41) is 2.74. The summed E-state index contributed by atoms with van der Waals surface area (Å²) in [7, 11) is 1.56. The van der Waals surface area contributed by atoms with Crippen molar-refractivity contribution in [1.29, 1.82) is 0 Å². The van der Waals surface area contributed by atoms with E-state index >= 15 is 0 Å². The molecular weight excluding hydrogens is 130 g/mol. The first-order valence-corrected chi connectivity index (χ1v) is 3.26. The molecule has 56 valence electrons. The molecule has 0 aromatic heterocycles. The number of methoxy groups -OCH3 is 1. The average molecular weight is 141 g/mol. The minimum Gasteiger partial charge on any atom is -0.500 e. The third kappa shape index (κ3) is 1.29. The molecule has 0 spiro atoms. The molecule has 0 aromatic carbocycles. The fourth-order valence-electron chi connectivity index (χ4n) is 0.998. The van der Waals surface area contributed by atoms with Gasteiger partial charge in [0.2, 0.25) is 5.91 Å². The molecule has 1 rings (SSSR count). The minimum absolute atomic E-state index is 0.0394. The van der Waals surface area contributed by atoms with Crippen molar-refractivity contribution in [2.24, 2.45) is 0 Å². The molecule has 0 unspecified atom stereocenters. The Balaban J connectivity index is 2.44. The quantitative estimate of drug-likeness (QED) is 0.566. The molecule has 3 heteroatoms. The van der Waals surface area contributed by atoms with E-state index in [4.69, 9.17) is 4.74 Å². The molecule has 0 radical (unpaired) electrons. The average Bonchev–Trinajstić information content (AvgIpc) is 2.34. The van der Waals surface area contributed by atoms with Crippen molar-refractivity contribution in [2.75, 3.05) is 7.11 Å². The van der Waals surface area contributed by atoms with Gasteiger partial charge < -0.3 is 10.1 Å². The van der Waals surface area contributed by atoms with E-state index in [0.29, 0.717) is 12.2 Å². The third-order valence-corrected chi connectivity index (χ3v) is 1.65. The van der Waals surface area contributed by atoms with Crippen LogP contribution in [0.1, 0.15) is 12.8 Å². The predicted molar refractivity (Wildman–Crippen MR) is 37.3 cm³/mol. The lowest BCUT2D eigenvalue weighted by molar-refractivity contribution is -0.119. The lowest BCUT2D eigenvalue weighted by Gasteiger charge is -2.10. The Bertz CT molecular complexity index is 165. The second-order valence-electron chi connectivity index (χ2n) is 2.33. The molecule has 0 aromatic rings. The van der Waals surface area contributed by atoms with Crippen molar-refractivity contribution in [3.8, 4) is 0 Å². The van der Waals surface area contributed by atoms with Crippen LogP contribution in [-0.2, 0) is 9.53 Å². The molecule has 0 saturated carbocycles. The Morgan fingerprint density at radius 3 is 3.00 bits per heavy atom. The van der Waals surface area contributed by atoms with E-state index in [1.165, 1.54) is 0 Å². The van der Waals surface area contributed by atoms with Gasteiger partial charge in [0.1, 0.15) is 5.76 Å². The molecular formula is C7H11NO2. The van der Waals surface area contributed by atoms with Crippen LogP contribution in [0, 0.1) is 0 Å². The maximum Gasteiger partial charge on any atom is 0.220 e. The highest BCUT2D eigenvalue weighted by molar-refractivity contribution is 5.78. The standard InChI is InChI=1S/C7H11NO2/c1-5(10-2)6-3-4-7(9)8-6/h6H,1,3-4H2,2H3,(H,8,9)/t6-/m1/s1. The molecule has 1 N–H and O–H groups in total. The SMILES string of the molecule is C=C(OC)[C@H]1CCC(=O)N1. The third-order valence-electron chi connectivity index (χ3n) is 1.65. The van der Waals surface area contributed by atoms with Crippen molar-refractivity contribution in [3.63, 3.8) is 0 Å². The number of ether oxygens (including phenoxy) is 1. The summed E-state index contributed by atoms with van der Waals surface area (Å²) < 4.78 is 4.87. The summed E-state index contributed by atoms with van der Waals surface area (Å²) in [5.74, 6) is 0.731. The molecule has 1 amide bonds. The lowest BCUT2D eigenvalue weighted by atomic mass is 10.2. The molecule has 1 heterocycles. The van der Waals surface area contributed by atoms with Crippen LogP contribution in [0.4, 0.5) is 0 Å². The normalized spacial score (nSPS) is 24.1. The Kier molecular flexibility index (Phi) is 1.94. The molecule has 3 nitrogen and oxygen atoms in total. The van der Waals surface area contributed by atoms with Crippen molar-refractivity contribution >= 4 is 5.91 Å². The van der Waals surface area contributed by atoms with Gasteiger partial charge in [0.05, 0.1) is 13.2 Å². The Morgan fingerprint density at radius 2 is 2.60 bits per heavy atom. The predicted octanol–water partition coefficient (Wildman–Crippen LogP) is 0.425. The zero-order chi connectivity index (χ0) is 7.56. The van der Waals surface area contributed by atoms with Crippen LogP contribution >= 0.6 is 0 Å². The van der Waals surface area contributed by atoms with Gasteiger partial charge in [0, 0.05) is 6.42 Å². The number of rotatable bonds is 2. The Hall–Kier alpha value is -0.990. The van der Waals surface area contributed by atoms with E-state index in [-0.39, 0.29) is 11.9 Å². The maximum atomic E-state index is 10.7. The Morgan fingerprint density at radius 1 is 1.90 bits per heavy atom. The van der Waals surface area contributed by atoms with Gasteiger partial charge in [-0.2, -0.15) is 0 Å². The number of amides is 1. The topological polar surface area (TPSA) is 38.3 Å². The van der Waals surface area contributed by atoms with Crippen molar-refractivity contribution in [3.05, 3.63) is 12.3 Å². The van der Waals surface area contributed by atoms with Gasteiger partial charge >= 0.3 is 0 Å². The van der Waals surface area contributed by atoms with Gasteiger partial charge in [-0.25, -0.2) is 0 Å². The minimum atomic E-state index is 0.0394. The van der Waals surface area contributed by atoms with E-state index in [1.807, 2.05) is 0 Å². The fraction of sp³-hybridized carbons (Fsp3) is 0.571. The summed E-state index contributed by atoms with van der Waals surface area (Å²) in [4.78, 5) is 10.7. The van der Waals surface area contributed by atoms with Gasteiger partial charge in [-0.3, -0.25) is 4.79 Å². The zero-order valence-corrected chi connectivity index (χ0v) is 6.02. The highest BCUT2D eigenvalue weighted by Gasteiger charge is 2.23. The first-order chi connectivity index (χ1) is 4.74. The van der Waals surface area contributed by atoms with E-state index in [0.717, 1.165) is 6.42 Å². The van der Waals surface area contributed by atoms with Gasteiger partial charge in [-0.15, -0.1) is 0 Å². The number of nitrogens with one attached hydrogen (secondary N) is 1. The summed E-state index contributed by atoms with van der Waals surface area (Å²) in [5.41, 5.74) is 0. The summed E-state index contributed by atoms with van der Waals surface area (Å²) >= 11 is 0. The van der Waals surface area contributed by atoms with E-state index in [2.05, 4.69) is 11.9 Å². The zero-order valence-electron chi connectivity index (χ0n) is 6.02. The van der Waals surface area contributed by atoms with Crippen LogP contribution in [0.15, 0.2) is 12.3 Å². The maximum absolute atomic E-state index is 10.7.